The summed E-state index contributed by atoms with van der Waals surface area (Å²) in [5, 5.41) is 9.86. The third-order valence-corrected chi connectivity index (χ3v) is 3.67. The van der Waals surface area contributed by atoms with Crippen molar-refractivity contribution in [3.63, 3.8) is 0 Å². The maximum absolute atomic E-state index is 9.86. The zero-order valence-electron chi connectivity index (χ0n) is 13.7. The van der Waals surface area contributed by atoms with Gasteiger partial charge in [0.15, 0.2) is 23.0 Å². The number of phenols is 1. The monoisotopic (exact) mass is 330 g/mol. The van der Waals surface area contributed by atoms with Gasteiger partial charge in [-0.15, -0.1) is 0 Å². The Kier molecular flexibility index (Phi) is 4.37. The average molecular weight is 330 g/mol. The largest absolute Gasteiger partial charge is 0.504 e. The molecule has 0 saturated heterocycles. The molecule has 2 aromatic rings. The number of fused-ring (bicyclic) bond motifs is 1. The van der Waals surface area contributed by atoms with Crippen molar-refractivity contribution >= 4 is 12.2 Å². The molecule has 1 aliphatic rings. The van der Waals surface area contributed by atoms with Crippen LogP contribution < -0.4 is 23.7 Å². The topological polar surface area (TPSA) is 66.4 Å². The van der Waals surface area contributed by atoms with Crippen molar-refractivity contribution < 1.29 is 28.8 Å². The second-order valence-corrected chi connectivity index (χ2v) is 5.03. The first kappa shape index (κ1) is 15.9. The van der Waals surface area contributed by atoms with Crippen LogP contribution in [-0.4, -0.2) is 33.2 Å². The Labute approximate surface area is 139 Å². The van der Waals surface area contributed by atoms with Crippen molar-refractivity contribution in [3.8, 4) is 34.5 Å². The minimum atomic E-state index is 0.0786. The number of hydrogen-bond donors (Lipinski definition) is 1. The van der Waals surface area contributed by atoms with Gasteiger partial charge in [-0.3, -0.25) is 0 Å². The second kappa shape index (κ2) is 6.62. The van der Waals surface area contributed by atoms with Gasteiger partial charge in [-0.1, -0.05) is 18.2 Å². The molecule has 6 heteroatoms. The van der Waals surface area contributed by atoms with Crippen LogP contribution in [0.3, 0.4) is 0 Å². The van der Waals surface area contributed by atoms with Gasteiger partial charge < -0.3 is 28.8 Å². The molecule has 6 nitrogen and oxygen atoms in total. The lowest BCUT2D eigenvalue weighted by Crippen LogP contribution is -1.95. The molecule has 24 heavy (non-hydrogen) atoms. The summed E-state index contributed by atoms with van der Waals surface area (Å²) in [5.41, 5.74) is 1.58. The van der Waals surface area contributed by atoms with E-state index >= 15 is 0 Å². The van der Waals surface area contributed by atoms with E-state index < -0.39 is 0 Å². The highest BCUT2D eigenvalue weighted by Gasteiger charge is 2.25. The lowest BCUT2D eigenvalue weighted by atomic mass is 10.1. The second-order valence-electron chi connectivity index (χ2n) is 5.03. The molecule has 1 aliphatic heterocycles. The zero-order valence-corrected chi connectivity index (χ0v) is 13.7. The Morgan fingerprint density at radius 2 is 1.75 bits per heavy atom. The van der Waals surface area contributed by atoms with Crippen molar-refractivity contribution in [3.05, 3.63) is 35.4 Å². The standard InChI is InChI=1S/C18H18O6/c1-20-14-7-5-11(8-13(14)19)4-6-12-9-15-17(24-10-23-15)18(22-3)16(12)21-2/h4-9,19H,10H2,1-3H3/b6-4-. The summed E-state index contributed by atoms with van der Waals surface area (Å²) in [6.07, 6.45) is 3.70. The first-order valence-electron chi connectivity index (χ1n) is 7.27. The number of ether oxygens (including phenoxy) is 5. The molecular formula is C18H18O6. The summed E-state index contributed by atoms with van der Waals surface area (Å²) in [4.78, 5) is 0. The number of methoxy groups -OCH3 is 3. The van der Waals surface area contributed by atoms with E-state index in [1.54, 1.807) is 26.4 Å². The van der Waals surface area contributed by atoms with Gasteiger partial charge in [0, 0.05) is 5.56 Å². The van der Waals surface area contributed by atoms with Crippen LogP contribution in [0.15, 0.2) is 24.3 Å². The fourth-order valence-corrected chi connectivity index (χ4v) is 2.53. The van der Waals surface area contributed by atoms with E-state index in [0.29, 0.717) is 28.7 Å². The van der Waals surface area contributed by atoms with Crippen molar-refractivity contribution in [1.82, 2.24) is 0 Å². The highest BCUT2D eigenvalue weighted by molar-refractivity contribution is 5.78. The molecule has 0 aromatic heterocycles. The van der Waals surface area contributed by atoms with Crippen molar-refractivity contribution in [2.45, 2.75) is 0 Å². The zero-order chi connectivity index (χ0) is 17.1. The number of hydrogen-bond acceptors (Lipinski definition) is 6. The minimum absolute atomic E-state index is 0.0786. The maximum Gasteiger partial charge on any atom is 0.231 e. The number of rotatable bonds is 5. The maximum atomic E-state index is 9.86. The van der Waals surface area contributed by atoms with Gasteiger partial charge >= 0.3 is 0 Å². The first-order chi connectivity index (χ1) is 11.7. The molecule has 3 rings (SSSR count). The highest BCUT2D eigenvalue weighted by Crippen LogP contribution is 2.49. The van der Waals surface area contributed by atoms with Crippen LogP contribution in [0.1, 0.15) is 11.1 Å². The van der Waals surface area contributed by atoms with Gasteiger partial charge in [0.1, 0.15) is 0 Å². The van der Waals surface area contributed by atoms with E-state index in [1.807, 2.05) is 24.3 Å². The Hall–Kier alpha value is -3.02. The van der Waals surface area contributed by atoms with Crippen LogP contribution in [-0.2, 0) is 0 Å². The van der Waals surface area contributed by atoms with E-state index in [4.69, 9.17) is 23.7 Å². The Bertz CT molecular complexity index is 782. The van der Waals surface area contributed by atoms with Gasteiger partial charge in [-0.2, -0.15) is 0 Å². The summed E-state index contributed by atoms with van der Waals surface area (Å²) < 4.78 is 26.8. The molecule has 0 fully saturated rings. The predicted molar refractivity (Wildman–Crippen MR) is 89.3 cm³/mol. The van der Waals surface area contributed by atoms with Crippen molar-refractivity contribution in [2.75, 3.05) is 28.1 Å². The number of phenolic OH excluding ortho intramolecular Hbond substituents is 1. The molecule has 0 unspecified atom stereocenters. The Morgan fingerprint density at radius 1 is 0.958 bits per heavy atom. The lowest BCUT2D eigenvalue weighted by Gasteiger charge is -2.13. The smallest absolute Gasteiger partial charge is 0.231 e. The van der Waals surface area contributed by atoms with Crippen LogP contribution in [0.25, 0.3) is 12.2 Å². The highest BCUT2D eigenvalue weighted by atomic mass is 16.7. The molecule has 0 amide bonds. The lowest BCUT2D eigenvalue weighted by molar-refractivity contribution is 0.170. The van der Waals surface area contributed by atoms with E-state index in [0.717, 1.165) is 11.1 Å². The van der Waals surface area contributed by atoms with Crippen molar-refractivity contribution in [1.29, 1.82) is 0 Å². The third kappa shape index (κ3) is 2.78. The SMILES string of the molecule is COc1ccc(/C=C\c2cc3c(c(OC)c2OC)OCO3)cc1O. The summed E-state index contributed by atoms with van der Waals surface area (Å²) in [6.45, 7) is 0.147. The summed E-state index contributed by atoms with van der Waals surface area (Å²) in [7, 11) is 4.62. The van der Waals surface area contributed by atoms with E-state index in [1.165, 1.54) is 7.11 Å². The van der Waals surface area contributed by atoms with E-state index in [-0.39, 0.29) is 12.5 Å². The molecule has 2 aromatic carbocycles. The summed E-state index contributed by atoms with van der Waals surface area (Å²) >= 11 is 0. The number of aromatic hydroxyl groups is 1. The van der Waals surface area contributed by atoms with E-state index in [9.17, 15) is 5.11 Å². The van der Waals surface area contributed by atoms with Crippen LogP contribution >= 0.6 is 0 Å². The molecule has 0 aliphatic carbocycles. The molecule has 0 saturated carbocycles. The number of benzene rings is 2. The molecule has 0 radical (unpaired) electrons. The summed E-state index contributed by atoms with van der Waals surface area (Å²) in [6, 6.07) is 6.98. The fourth-order valence-electron chi connectivity index (χ4n) is 2.53. The fraction of sp³-hybridized carbons (Fsp3) is 0.222. The third-order valence-electron chi connectivity index (χ3n) is 3.67. The van der Waals surface area contributed by atoms with Crippen LogP contribution in [0, 0.1) is 0 Å². The molecule has 0 atom stereocenters. The predicted octanol–water partition coefficient (Wildman–Crippen LogP) is 3.32. The van der Waals surface area contributed by atoms with Gasteiger partial charge in [0.2, 0.25) is 18.3 Å². The molecule has 0 bridgehead atoms. The van der Waals surface area contributed by atoms with Gasteiger partial charge in [0.05, 0.1) is 21.3 Å². The Morgan fingerprint density at radius 3 is 2.42 bits per heavy atom. The molecule has 126 valence electrons. The molecule has 1 heterocycles. The van der Waals surface area contributed by atoms with Gasteiger partial charge in [0.25, 0.3) is 0 Å². The summed E-state index contributed by atoms with van der Waals surface area (Å²) in [5.74, 6) is 2.68. The van der Waals surface area contributed by atoms with Gasteiger partial charge in [-0.25, -0.2) is 0 Å². The minimum Gasteiger partial charge on any atom is -0.504 e. The Balaban J connectivity index is 1.99. The quantitative estimate of drug-likeness (QED) is 0.849. The molecule has 0 spiro atoms. The first-order valence-corrected chi connectivity index (χ1v) is 7.27. The van der Waals surface area contributed by atoms with Crippen LogP contribution in [0.5, 0.6) is 34.5 Å². The van der Waals surface area contributed by atoms with Crippen LogP contribution in [0.4, 0.5) is 0 Å². The van der Waals surface area contributed by atoms with Crippen LogP contribution in [0.2, 0.25) is 0 Å². The normalized spacial score (nSPS) is 12.5. The molecule has 1 N–H and O–H groups in total. The van der Waals surface area contributed by atoms with E-state index in [2.05, 4.69) is 0 Å². The average Bonchev–Trinajstić information content (AvgIpc) is 3.06. The molecular weight excluding hydrogens is 312 g/mol. The van der Waals surface area contributed by atoms with Gasteiger partial charge in [-0.05, 0) is 23.8 Å². The van der Waals surface area contributed by atoms with Crippen molar-refractivity contribution in [2.24, 2.45) is 0 Å².